The average molecular weight is 272 g/mol. The first kappa shape index (κ1) is 13.5. The van der Waals surface area contributed by atoms with Gasteiger partial charge in [-0.1, -0.05) is 19.3 Å². The molecule has 2 N–H and O–H groups in total. The lowest BCUT2D eigenvalue weighted by Gasteiger charge is -2.23. The van der Waals surface area contributed by atoms with Gasteiger partial charge in [-0.2, -0.15) is 0 Å². The number of nitrogens with two attached hydrogens (primary N) is 1. The van der Waals surface area contributed by atoms with Crippen LogP contribution in [0.25, 0.3) is 0 Å². The number of carbonyl (C=O) groups is 1. The molecule has 3 rings (SSSR count). The summed E-state index contributed by atoms with van der Waals surface area (Å²) in [6, 6.07) is 6.00. The van der Waals surface area contributed by atoms with Crippen LogP contribution in [0.1, 0.15) is 66.8 Å². The second-order valence-corrected chi connectivity index (χ2v) is 6.22. The molecule has 1 amide bonds. The lowest BCUT2D eigenvalue weighted by atomic mass is 9.83. The Hall–Kier alpha value is -1.51. The number of anilines is 1. The summed E-state index contributed by atoms with van der Waals surface area (Å²) in [5, 5.41) is 0. The highest BCUT2D eigenvalue weighted by molar-refractivity contribution is 5.95. The van der Waals surface area contributed by atoms with E-state index in [1.165, 1.54) is 37.7 Å². The summed E-state index contributed by atoms with van der Waals surface area (Å²) in [7, 11) is 0. The molecule has 108 valence electrons. The molecule has 1 aromatic rings. The second kappa shape index (κ2) is 5.86. The number of nitrogens with zero attached hydrogens (tertiary/aromatic N) is 1. The maximum atomic E-state index is 12.5. The third-order valence-corrected chi connectivity index (χ3v) is 4.69. The minimum Gasteiger partial charge on any atom is -0.399 e. The molecule has 0 unspecified atom stereocenters. The van der Waals surface area contributed by atoms with Crippen LogP contribution < -0.4 is 5.73 Å². The highest BCUT2D eigenvalue weighted by Crippen LogP contribution is 2.34. The summed E-state index contributed by atoms with van der Waals surface area (Å²) in [5.41, 5.74) is 8.82. The van der Waals surface area contributed by atoms with E-state index in [1.54, 1.807) is 0 Å². The van der Waals surface area contributed by atoms with Crippen LogP contribution in [0.2, 0.25) is 0 Å². The topological polar surface area (TPSA) is 46.3 Å². The highest BCUT2D eigenvalue weighted by atomic mass is 16.2. The fourth-order valence-electron chi connectivity index (χ4n) is 3.57. The first-order valence-corrected chi connectivity index (χ1v) is 7.94. The number of hydrogen-bond donors (Lipinski definition) is 1. The Labute approximate surface area is 121 Å². The van der Waals surface area contributed by atoms with Gasteiger partial charge in [0, 0.05) is 24.3 Å². The summed E-state index contributed by atoms with van der Waals surface area (Å²) in [6.07, 6.45) is 8.68. The molecule has 1 aromatic carbocycles. The zero-order valence-electron chi connectivity index (χ0n) is 12.1. The van der Waals surface area contributed by atoms with Crippen LogP contribution in [0, 0.1) is 0 Å². The van der Waals surface area contributed by atoms with Crippen LogP contribution in [-0.2, 0) is 0 Å². The lowest BCUT2D eigenvalue weighted by Crippen LogP contribution is -2.27. The molecule has 3 heteroatoms. The Morgan fingerprint density at radius 2 is 1.70 bits per heavy atom. The number of hydrogen-bond acceptors (Lipinski definition) is 2. The van der Waals surface area contributed by atoms with Crippen LogP contribution >= 0.6 is 0 Å². The van der Waals surface area contributed by atoms with Crippen molar-refractivity contribution in [2.24, 2.45) is 0 Å². The maximum absolute atomic E-state index is 12.5. The average Bonchev–Trinajstić information content (AvgIpc) is 3.01. The van der Waals surface area contributed by atoms with Gasteiger partial charge in [0.2, 0.25) is 0 Å². The Kier molecular flexibility index (Phi) is 3.95. The largest absolute Gasteiger partial charge is 0.399 e. The lowest BCUT2D eigenvalue weighted by molar-refractivity contribution is 0.0792. The van der Waals surface area contributed by atoms with Gasteiger partial charge < -0.3 is 10.6 Å². The van der Waals surface area contributed by atoms with E-state index in [2.05, 4.69) is 12.1 Å². The molecule has 1 saturated heterocycles. The van der Waals surface area contributed by atoms with E-state index in [9.17, 15) is 4.79 Å². The van der Waals surface area contributed by atoms with Gasteiger partial charge in [0.25, 0.3) is 5.91 Å². The highest BCUT2D eigenvalue weighted by Gasteiger charge is 2.22. The second-order valence-electron chi connectivity index (χ2n) is 6.22. The first-order chi connectivity index (χ1) is 9.74. The standard InChI is InChI=1S/C17H24N2O/c18-16-11-14(13-6-2-1-3-7-13)10-15(12-16)17(20)19-8-4-5-9-19/h10-13H,1-9,18H2. The van der Waals surface area contributed by atoms with Gasteiger partial charge in [-0.15, -0.1) is 0 Å². The van der Waals surface area contributed by atoms with Crippen molar-refractivity contribution in [1.82, 2.24) is 4.90 Å². The molecule has 2 fully saturated rings. The summed E-state index contributed by atoms with van der Waals surface area (Å²) in [4.78, 5) is 14.5. The van der Waals surface area contributed by atoms with Gasteiger partial charge in [0.05, 0.1) is 0 Å². The normalized spacial score (nSPS) is 20.3. The Balaban J connectivity index is 1.83. The Bertz CT molecular complexity index is 486. The van der Waals surface area contributed by atoms with Crippen LogP contribution in [0.4, 0.5) is 5.69 Å². The number of likely N-dealkylation sites (tertiary alicyclic amines) is 1. The third-order valence-electron chi connectivity index (χ3n) is 4.69. The van der Waals surface area contributed by atoms with E-state index in [0.717, 1.165) is 37.2 Å². The predicted octanol–water partition coefficient (Wildman–Crippen LogP) is 3.55. The molecular formula is C17H24N2O. The van der Waals surface area contributed by atoms with Gasteiger partial charge in [0.1, 0.15) is 0 Å². The summed E-state index contributed by atoms with van der Waals surface area (Å²) < 4.78 is 0. The van der Waals surface area contributed by atoms with Gasteiger partial charge >= 0.3 is 0 Å². The van der Waals surface area contributed by atoms with Gasteiger partial charge in [0.15, 0.2) is 0 Å². The van der Waals surface area contributed by atoms with E-state index in [0.29, 0.717) is 5.92 Å². The van der Waals surface area contributed by atoms with Crippen molar-refractivity contribution in [3.63, 3.8) is 0 Å². The fraction of sp³-hybridized carbons (Fsp3) is 0.588. The van der Waals surface area contributed by atoms with Crippen molar-refractivity contribution >= 4 is 11.6 Å². The minimum absolute atomic E-state index is 0.159. The van der Waals surface area contributed by atoms with E-state index in [4.69, 9.17) is 5.73 Å². The van der Waals surface area contributed by atoms with E-state index in [1.807, 2.05) is 11.0 Å². The SMILES string of the molecule is Nc1cc(C(=O)N2CCCC2)cc(C2CCCCC2)c1. The number of benzene rings is 1. The van der Waals surface area contributed by atoms with E-state index in [-0.39, 0.29) is 5.91 Å². The summed E-state index contributed by atoms with van der Waals surface area (Å²) in [5.74, 6) is 0.754. The molecule has 0 bridgehead atoms. The first-order valence-electron chi connectivity index (χ1n) is 7.94. The molecule has 1 saturated carbocycles. The van der Waals surface area contributed by atoms with Crippen LogP contribution in [0.15, 0.2) is 18.2 Å². The Morgan fingerprint density at radius 1 is 1.00 bits per heavy atom. The smallest absolute Gasteiger partial charge is 0.253 e. The zero-order chi connectivity index (χ0) is 13.9. The number of rotatable bonds is 2. The molecule has 1 heterocycles. The van der Waals surface area contributed by atoms with Crippen molar-refractivity contribution in [2.75, 3.05) is 18.8 Å². The molecule has 20 heavy (non-hydrogen) atoms. The summed E-state index contributed by atoms with van der Waals surface area (Å²) in [6.45, 7) is 1.79. The third kappa shape index (κ3) is 2.82. The quantitative estimate of drug-likeness (QED) is 0.837. The molecule has 0 atom stereocenters. The molecule has 1 aliphatic heterocycles. The summed E-state index contributed by atoms with van der Waals surface area (Å²) >= 11 is 0. The predicted molar refractivity (Wildman–Crippen MR) is 81.8 cm³/mol. The molecule has 0 spiro atoms. The number of nitrogen functional groups attached to an aromatic ring is 1. The molecule has 1 aliphatic carbocycles. The van der Waals surface area contributed by atoms with Crippen molar-refractivity contribution in [1.29, 1.82) is 0 Å². The number of carbonyl (C=O) groups excluding carboxylic acids is 1. The van der Waals surface area contributed by atoms with Crippen molar-refractivity contribution < 1.29 is 4.79 Å². The van der Waals surface area contributed by atoms with Gasteiger partial charge in [-0.05, 0) is 55.4 Å². The molecule has 2 aliphatic rings. The molecular weight excluding hydrogens is 248 g/mol. The van der Waals surface area contributed by atoms with Gasteiger partial charge in [-0.25, -0.2) is 0 Å². The Morgan fingerprint density at radius 3 is 2.40 bits per heavy atom. The maximum Gasteiger partial charge on any atom is 0.253 e. The van der Waals surface area contributed by atoms with Crippen LogP contribution in [0.3, 0.4) is 0 Å². The number of amides is 1. The van der Waals surface area contributed by atoms with E-state index < -0.39 is 0 Å². The van der Waals surface area contributed by atoms with Crippen LogP contribution in [0.5, 0.6) is 0 Å². The fourth-order valence-corrected chi connectivity index (χ4v) is 3.57. The van der Waals surface area contributed by atoms with Crippen molar-refractivity contribution in [3.8, 4) is 0 Å². The van der Waals surface area contributed by atoms with Crippen molar-refractivity contribution in [3.05, 3.63) is 29.3 Å². The minimum atomic E-state index is 0.159. The van der Waals surface area contributed by atoms with Gasteiger partial charge in [-0.3, -0.25) is 4.79 Å². The zero-order valence-corrected chi connectivity index (χ0v) is 12.1. The van der Waals surface area contributed by atoms with Crippen LogP contribution in [-0.4, -0.2) is 23.9 Å². The van der Waals surface area contributed by atoms with E-state index >= 15 is 0 Å². The molecule has 3 nitrogen and oxygen atoms in total. The molecule has 0 aromatic heterocycles. The monoisotopic (exact) mass is 272 g/mol. The van der Waals surface area contributed by atoms with Crippen molar-refractivity contribution in [2.45, 2.75) is 50.9 Å². The molecule has 0 radical (unpaired) electrons.